The monoisotopic (exact) mass is 452 g/mol. The van der Waals surface area contributed by atoms with Gasteiger partial charge in [0.1, 0.15) is 5.69 Å². The summed E-state index contributed by atoms with van der Waals surface area (Å²) >= 11 is 0. The Kier molecular flexibility index (Phi) is 8.07. The zero-order valence-corrected chi connectivity index (χ0v) is 20.3. The van der Waals surface area contributed by atoms with Gasteiger partial charge < -0.3 is 20.1 Å². The minimum Gasteiger partial charge on any atom is -0.356 e. The highest BCUT2D eigenvalue weighted by Gasteiger charge is 2.30. The van der Waals surface area contributed by atoms with Gasteiger partial charge in [-0.1, -0.05) is 38.5 Å². The molecule has 2 aliphatic heterocycles. The van der Waals surface area contributed by atoms with Gasteiger partial charge in [0.2, 0.25) is 5.91 Å². The number of nitrogens with one attached hydrogen (secondary N) is 2. The van der Waals surface area contributed by atoms with E-state index in [0.29, 0.717) is 24.7 Å². The molecular weight excluding hydrogens is 412 g/mol. The highest BCUT2D eigenvalue weighted by atomic mass is 16.2. The van der Waals surface area contributed by atoms with Crippen LogP contribution in [0.1, 0.15) is 69.3 Å². The van der Waals surface area contributed by atoms with E-state index in [9.17, 15) is 9.59 Å². The average Bonchev–Trinajstić information content (AvgIpc) is 3.30. The first-order valence-electron chi connectivity index (χ1n) is 13.0. The number of rotatable bonds is 8. The van der Waals surface area contributed by atoms with Crippen molar-refractivity contribution in [3.05, 3.63) is 36.0 Å². The third kappa shape index (κ3) is 5.78. The molecule has 0 unspecified atom stereocenters. The van der Waals surface area contributed by atoms with E-state index >= 15 is 0 Å². The van der Waals surface area contributed by atoms with Crippen molar-refractivity contribution in [2.24, 2.45) is 11.8 Å². The summed E-state index contributed by atoms with van der Waals surface area (Å²) in [4.78, 5) is 33.5. The summed E-state index contributed by atoms with van der Waals surface area (Å²) in [6.07, 6.45) is 7.99. The number of carbonyl (C=O) groups excluding carboxylic acids is 2. The van der Waals surface area contributed by atoms with Crippen LogP contribution in [0.15, 0.2) is 30.3 Å². The highest BCUT2D eigenvalue weighted by Crippen LogP contribution is 2.27. The van der Waals surface area contributed by atoms with Crippen LogP contribution in [0.25, 0.3) is 10.9 Å². The topological polar surface area (TPSA) is 68.4 Å². The van der Waals surface area contributed by atoms with Gasteiger partial charge in [0.25, 0.3) is 5.91 Å². The summed E-state index contributed by atoms with van der Waals surface area (Å²) in [5.74, 6) is 0.558. The second kappa shape index (κ2) is 11.2. The molecule has 33 heavy (non-hydrogen) atoms. The first-order valence-corrected chi connectivity index (χ1v) is 13.0. The molecule has 0 bridgehead atoms. The normalized spacial score (nSPS) is 21.3. The molecule has 0 aliphatic carbocycles. The van der Waals surface area contributed by atoms with Crippen LogP contribution in [-0.4, -0.2) is 65.4 Å². The number of likely N-dealkylation sites (tertiary alicyclic amines) is 2. The van der Waals surface area contributed by atoms with E-state index in [1.165, 1.54) is 32.2 Å². The summed E-state index contributed by atoms with van der Waals surface area (Å²) in [6.45, 7) is 8.81. The molecule has 0 radical (unpaired) electrons. The summed E-state index contributed by atoms with van der Waals surface area (Å²) in [6, 6.07) is 10.6. The van der Waals surface area contributed by atoms with Crippen molar-refractivity contribution in [3.63, 3.8) is 0 Å². The number of carbonyl (C=O) groups is 2. The number of hydrogen-bond donors (Lipinski definition) is 2. The molecule has 4 rings (SSSR count). The lowest BCUT2D eigenvalue weighted by Gasteiger charge is -2.35. The number of nitrogens with zero attached hydrogens (tertiary/aromatic N) is 2. The first-order chi connectivity index (χ1) is 16.1. The Labute approximate surface area is 198 Å². The molecule has 6 nitrogen and oxygen atoms in total. The number of hydrogen-bond acceptors (Lipinski definition) is 3. The van der Waals surface area contributed by atoms with Crippen LogP contribution in [0.4, 0.5) is 0 Å². The number of piperidine rings is 2. The zero-order valence-electron chi connectivity index (χ0n) is 20.3. The molecule has 3 heterocycles. The van der Waals surface area contributed by atoms with Gasteiger partial charge in [0.05, 0.1) is 0 Å². The van der Waals surface area contributed by atoms with Gasteiger partial charge >= 0.3 is 0 Å². The van der Waals surface area contributed by atoms with Crippen molar-refractivity contribution in [2.75, 3.05) is 32.7 Å². The number of H-pyrrole nitrogens is 1. The molecule has 2 amide bonds. The molecule has 2 fully saturated rings. The predicted molar refractivity (Wildman–Crippen MR) is 133 cm³/mol. The largest absolute Gasteiger partial charge is 0.356 e. The summed E-state index contributed by atoms with van der Waals surface area (Å²) < 4.78 is 0. The van der Waals surface area contributed by atoms with Crippen LogP contribution < -0.4 is 5.32 Å². The molecule has 2 aliphatic rings. The van der Waals surface area contributed by atoms with Crippen LogP contribution in [0.3, 0.4) is 0 Å². The maximum absolute atomic E-state index is 12.9. The van der Waals surface area contributed by atoms with Crippen LogP contribution in [0.2, 0.25) is 0 Å². The summed E-state index contributed by atoms with van der Waals surface area (Å²) in [5, 5.41) is 4.24. The Morgan fingerprint density at radius 2 is 1.91 bits per heavy atom. The van der Waals surface area contributed by atoms with Crippen molar-refractivity contribution in [1.82, 2.24) is 20.1 Å². The summed E-state index contributed by atoms with van der Waals surface area (Å²) in [7, 11) is 0. The molecule has 2 aromatic rings. The highest BCUT2D eigenvalue weighted by molar-refractivity contribution is 5.98. The molecule has 0 spiro atoms. The fourth-order valence-electron chi connectivity index (χ4n) is 5.65. The molecule has 2 N–H and O–H groups in total. The number of benzene rings is 1. The minimum atomic E-state index is -0.00583. The molecule has 1 aromatic heterocycles. The van der Waals surface area contributed by atoms with E-state index in [-0.39, 0.29) is 17.7 Å². The Bertz CT molecular complexity index is 898. The van der Waals surface area contributed by atoms with Gasteiger partial charge in [-0.05, 0) is 63.1 Å². The second-order valence-corrected chi connectivity index (χ2v) is 9.93. The lowest BCUT2D eigenvalue weighted by Crippen LogP contribution is -2.43. The van der Waals surface area contributed by atoms with E-state index in [4.69, 9.17) is 0 Å². The molecule has 2 atom stereocenters. The van der Waals surface area contributed by atoms with E-state index in [1.54, 1.807) is 0 Å². The average molecular weight is 453 g/mol. The van der Waals surface area contributed by atoms with E-state index in [0.717, 1.165) is 49.3 Å². The number of fused-ring (bicyclic) bond motifs is 1. The van der Waals surface area contributed by atoms with Gasteiger partial charge in [0.15, 0.2) is 0 Å². The molecule has 180 valence electrons. The van der Waals surface area contributed by atoms with Crippen molar-refractivity contribution in [2.45, 2.75) is 64.8 Å². The molecular formula is C27H40N4O2. The predicted octanol–water partition coefficient (Wildman–Crippen LogP) is 4.43. The van der Waals surface area contributed by atoms with Crippen LogP contribution in [-0.2, 0) is 4.79 Å². The number of aromatic amines is 1. The van der Waals surface area contributed by atoms with Crippen LogP contribution >= 0.6 is 0 Å². The fraction of sp³-hybridized carbons (Fsp3) is 0.630. The van der Waals surface area contributed by atoms with E-state index in [2.05, 4.69) is 22.1 Å². The van der Waals surface area contributed by atoms with Gasteiger partial charge in [-0.2, -0.15) is 0 Å². The van der Waals surface area contributed by atoms with Crippen molar-refractivity contribution < 1.29 is 9.59 Å². The molecule has 2 saturated heterocycles. The van der Waals surface area contributed by atoms with Gasteiger partial charge in [-0.3, -0.25) is 9.59 Å². The molecule has 1 aromatic carbocycles. The fourth-order valence-corrected chi connectivity index (χ4v) is 5.65. The van der Waals surface area contributed by atoms with Crippen molar-refractivity contribution in [3.8, 4) is 0 Å². The first kappa shape index (κ1) is 23.8. The third-order valence-corrected chi connectivity index (χ3v) is 7.85. The van der Waals surface area contributed by atoms with Crippen LogP contribution in [0, 0.1) is 11.8 Å². The zero-order chi connectivity index (χ0) is 23.2. The maximum Gasteiger partial charge on any atom is 0.270 e. The van der Waals surface area contributed by atoms with Gasteiger partial charge in [-0.25, -0.2) is 0 Å². The minimum absolute atomic E-state index is 0.00583. The van der Waals surface area contributed by atoms with E-state index < -0.39 is 0 Å². The lowest BCUT2D eigenvalue weighted by atomic mass is 9.84. The Morgan fingerprint density at radius 3 is 2.67 bits per heavy atom. The maximum atomic E-state index is 12.9. The number of aromatic nitrogens is 1. The van der Waals surface area contributed by atoms with Crippen LogP contribution in [0.5, 0.6) is 0 Å². The Balaban J connectivity index is 1.19. The summed E-state index contributed by atoms with van der Waals surface area (Å²) in [5.41, 5.74) is 1.64. The standard InChI is InChI=1S/C27H40N4O2/c1-3-23-10-6-7-15-30(23)16-8-14-28-26(32)20(2)21-12-17-31(18-13-21)27(33)25-19-22-9-4-5-11-24(22)29-25/h4-5,9,11,19-21,23,29H,3,6-8,10,12-18H2,1-2H3,(H,28,32)/t20-,23-/m1/s1. The van der Waals surface area contributed by atoms with Gasteiger partial charge in [0, 0.05) is 49.0 Å². The quantitative estimate of drug-likeness (QED) is 0.583. The molecule has 6 heteroatoms. The lowest BCUT2D eigenvalue weighted by molar-refractivity contribution is -0.126. The second-order valence-electron chi connectivity index (χ2n) is 9.93. The third-order valence-electron chi connectivity index (χ3n) is 7.85. The Morgan fingerprint density at radius 1 is 1.12 bits per heavy atom. The number of amides is 2. The Hall–Kier alpha value is -2.34. The van der Waals surface area contributed by atoms with Crippen molar-refractivity contribution >= 4 is 22.7 Å². The van der Waals surface area contributed by atoms with E-state index in [1.807, 2.05) is 42.2 Å². The smallest absolute Gasteiger partial charge is 0.270 e. The number of para-hydroxylation sites is 1. The molecule has 0 saturated carbocycles. The van der Waals surface area contributed by atoms with Gasteiger partial charge in [-0.15, -0.1) is 0 Å². The SMILES string of the molecule is CC[C@@H]1CCCCN1CCCNC(=O)[C@H](C)C1CCN(C(=O)c2cc3ccccc3[nH]2)CC1. The van der Waals surface area contributed by atoms with Crippen molar-refractivity contribution in [1.29, 1.82) is 0 Å².